The maximum absolute atomic E-state index is 12.7. The molecule has 0 saturated carbocycles. The highest BCUT2D eigenvalue weighted by molar-refractivity contribution is 6.02. The molecule has 0 bridgehead atoms. The molecule has 7 heteroatoms. The average Bonchev–Trinajstić information content (AvgIpc) is 3.45. The van der Waals surface area contributed by atoms with E-state index >= 15 is 0 Å². The number of anilines is 1. The Kier molecular flexibility index (Phi) is 6.52. The number of amides is 1. The molecule has 3 aromatic rings. The van der Waals surface area contributed by atoms with Gasteiger partial charge >= 0.3 is 0 Å². The minimum atomic E-state index is -0.289. The Bertz CT molecular complexity index is 1020. The molecular weight excluding hydrogens is 394 g/mol. The van der Waals surface area contributed by atoms with Crippen LogP contribution in [0.5, 0.6) is 17.4 Å². The molecule has 1 aliphatic heterocycles. The van der Waals surface area contributed by atoms with Gasteiger partial charge in [0.05, 0.1) is 19.0 Å². The van der Waals surface area contributed by atoms with Crippen LogP contribution in [0, 0.1) is 0 Å². The molecule has 1 amide bonds. The van der Waals surface area contributed by atoms with Crippen LogP contribution in [-0.4, -0.2) is 36.0 Å². The fraction of sp³-hybridized carbons (Fsp3) is 0.333. The van der Waals surface area contributed by atoms with Gasteiger partial charge in [-0.3, -0.25) is 9.69 Å². The number of carbonyl (C=O) groups excluding carboxylic acids is 1. The Hall–Kier alpha value is -3.32. The first-order chi connectivity index (χ1) is 15.2. The third-order valence-electron chi connectivity index (χ3n) is 5.31. The molecule has 0 unspecified atom stereocenters. The number of aromatic nitrogens is 1. The van der Waals surface area contributed by atoms with Gasteiger partial charge in [0.1, 0.15) is 5.76 Å². The average molecular weight is 421 g/mol. The first-order valence-corrected chi connectivity index (χ1v) is 10.6. The summed E-state index contributed by atoms with van der Waals surface area (Å²) in [6.07, 6.45) is 4.78. The van der Waals surface area contributed by atoms with Crippen LogP contribution < -0.4 is 14.8 Å². The van der Waals surface area contributed by atoms with E-state index in [0.29, 0.717) is 28.8 Å². The van der Waals surface area contributed by atoms with Crippen molar-refractivity contribution < 1.29 is 18.7 Å². The number of methoxy groups -OCH3 is 1. The molecule has 1 N–H and O–H groups in total. The lowest BCUT2D eigenvalue weighted by molar-refractivity contribution is 0.0995. The van der Waals surface area contributed by atoms with E-state index in [1.54, 1.807) is 31.5 Å². The number of hydrogen-bond donors (Lipinski definition) is 1. The zero-order valence-corrected chi connectivity index (χ0v) is 17.9. The molecule has 31 heavy (non-hydrogen) atoms. The monoisotopic (exact) mass is 421 g/mol. The molecule has 0 atom stereocenters. The number of para-hydroxylation sites is 2. The highest BCUT2D eigenvalue weighted by Crippen LogP contribution is 2.30. The van der Waals surface area contributed by atoms with Crippen LogP contribution in [-0.2, 0) is 13.0 Å². The normalized spacial score (nSPS) is 13.9. The van der Waals surface area contributed by atoms with E-state index in [1.807, 2.05) is 31.2 Å². The first kappa shape index (κ1) is 20.9. The zero-order chi connectivity index (χ0) is 21.6. The number of pyridine rings is 1. The lowest BCUT2D eigenvalue weighted by Gasteiger charge is -2.13. The SMILES string of the molecule is CCc1oc(C(=O)Nc2ccc(Oc3ccccc3OC)nc2)cc1CN1CCCC1. The van der Waals surface area contributed by atoms with Crippen LogP contribution in [0.1, 0.15) is 41.6 Å². The van der Waals surface area contributed by atoms with E-state index in [4.69, 9.17) is 13.9 Å². The number of furan rings is 1. The standard InChI is InChI=1S/C24H27N3O4/c1-3-19-17(16-27-12-6-7-13-27)14-22(30-19)24(28)26-18-10-11-23(25-15-18)31-21-9-5-4-8-20(21)29-2/h4-5,8-11,14-15H,3,6-7,12-13,16H2,1-2H3,(H,26,28). The summed E-state index contributed by atoms with van der Waals surface area (Å²) in [6, 6.07) is 12.6. The smallest absolute Gasteiger partial charge is 0.291 e. The van der Waals surface area contributed by atoms with Crippen molar-refractivity contribution >= 4 is 11.6 Å². The van der Waals surface area contributed by atoms with Crippen LogP contribution in [0.15, 0.2) is 53.1 Å². The summed E-state index contributed by atoms with van der Waals surface area (Å²) in [5, 5.41) is 2.84. The van der Waals surface area contributed by atoms with Crippen molar-refractivity contribution in [3.63, 3.8) is 0 Å². The molecule has 0 spiro atoms. The minimum Gasteiger partial charge on any atom is -0.493 e. The van der Waals surface area contributed by atoms with Gasteiger partial charge in [-0.05, 0) is 50.2 Å². The van der Waals surface area contributed by atoms with Gasteiger partial charge in [-0.2, -0.15) is 0 Å². The van der Waals surface area contributed by atoms with Gasteiger partial charge in [-0.1, -0.05) is 19.1 Å². The number of nitrogens with one attached hydrogen (secondary N) is 1. The highest BCUT2D eigenvalue weighted by Gasteiger charge is 2.20. The van der Waals surface area contributed by atoms with E-state index in [-0.39, 0.29) is 5.91 Å². The number of carbonyl (C=O) groups is 1. The van der Waals surface area contributed by atoms with E-state index in [9.17, 15) is 4.79 Å². The fourth-order valence-electron chi connectivity index (χ4n) is 3.72. The summed E-state index contributed by atoms with van der Waals surface area (Å²) in [5.74, 6) is 2.50. The van der Waals surface area contributed by atoms with Gasteiger partial charge in [0, 0.05) is 24.6 Å². The van der Waals surface area contributed by atoms with Gasteiger partial charge in [-0.15, -0.1) is 0 Å². The Morgan fingerprint density at radius 1 is 1.16 bits per heavy atom. The molecule has 2 aromatic heterocycles. The second-order valence-electron chi connectivity index (χ2n) is 7.49. The summed E-state index contributed by atoms with van der Waals surface area (Å²) >= 11 is 0. The van der Waals surface area contributed by atoms with E-state index in [2.05, 4.69) is 15.2 Å². The minimum absolute atomic E-state index is 0.289. The number of ether oxygens (including phenoxy) is 2. The maximum atomic E-state index is 12.7. The van der Waals surface area contributed by atoms with Crippen molar-refractivity contribution in [2.75, 3.05) is 25.5 Å². The molecule has 3 heterocycles. The lowest BCUT2D eigenvalue weighted by Crippen LogP contribution is -2.18. The fourth-order valence-corrected chi connectivity index (χ4v) is 3.72. The maximum Gasteiger partial charge on any atom is 0.291 e. The number of rotatable bonds is 8. The third kappa shape index (κ3) is 5.06. The van der Waals surface area contributed by atoms with Crippen LogP contribution in [0.25, 0.3) is 0 Å². The Morgan fingerprint density at radius 3 is 2.61 bits per heavy atom. The predicted octanol–water partition coefficient (Wildman–Crippen LogP) is 4.89. The van der Waals surface area contributed by atoms with Gasteiger partial charge in [0.2, 0.25) is 5.88 Å². The molecule has 0 radical (unpaired) electrons. The van der Waals surface area contributed by atoms with Crippen molar-refractivity contribution in [2.45, 2.75) is 32.7 Å². The van der Waals surface area contributed by atoms with E-state index in [0.717, 1.165) is 37.4 Å². The van der Waals surface area contributed by atoms with Gasteiger partial charge in [0.15, 0.2) is 17.3 Å². The molecule has 1 fully saturated rings. The Morgan fingerprint density at radius 2 is 1.94 bits per heavy atom. The number of likely N-dealkylation sites (tertiary alicyclic amines) is 1. The highest BCUT2D eigenvalue weighted by atomic mass is 16.5. The summed E-state index contributed by atoms with van der Waals surface area (Å²) in [7, 11) is 1.59. The summed E-state index contributed by atoms with van der Waals surface area (Å²) in [4.78, 5) is 19.4. The Labute approximate surface area is 182 Å². The molecule has 4 rings (SSSR count). The van der Waals surface area contributed by atoms with E-state index < -0.39 is 0 Å². The molecule has 0 aliphatic carbocycles. The molecule has 1 aromatic carbocycles. The molecule has 162 valence electrons. The van der Waals surface area contributed by atoms with Crippen molar-refractivity contribution in [3.8, 4) is 17.4 Å². The number of benzene rings is 1. The van der Waals surface area contributed by atoms with Crippen molar-refractivity contribution in [1.29, 1.82) is 0 Å². The summed E-state index contributed by atoms with van der Waals surface area (Å²) in [6.45, 7) is 5.07. The summed E-state index contributed by atoms with van der Waals surface area (Å²) < 4.78 is 16.9. The number of nitrogens with zero attached hydrogens (tertiary/aromatic N) is 2. The van der Waals surface area contributed by atoms with Crippen molar-refractivity contribution in [1.82, 2.24) is 9.88 Å². The Balaban J connectivity index is 1.41. The summed E-state index contributed by atoms with van der Waals surface area (Å²) in [5.41, 5.74) is 1.65. The number of hydrogen-bond acceptors (Lipinski definition) is 6. The predicted molar refractivity (Wildman–Crippen MR) is 118 cm³/mol. The van der Waals surface area contributed by atoms with Gasteiger partial charge in [0.25, 0.3) is 5.91 Å². The lowest BCUT2D eigenvalue weighted by atomic mass is 10.2. The molecular formula is C24H27N3O4. The molecule has 1 saturated heterocycles. The first-order valence-electron chi connectivity index (χ1n) is 10.6. The van der Waals surface area contributed by atoms with Crippen LogP contribution in [0.2, 0.25) is 0 Å². The molecule has 1 aliphatic rings. The largest absolute Gasteiger partial charge is 0.493 e. The van der Waals surface area contributed by atoms with Crippen LogP contribution in [0.4, 0.5) is 5.69 Å². The third-order valence-corrected chi connectivity index (χ3v) is 5.31. The van der Waals surface area contributed by atoms with Crippen LogP contribution >= 0.6 is 0 Å². The number of aryl methyl sites for hydroxylation is 1. The van der Waals surface area contributed by atoms with Crippen molar-refractivity contribution in [2.24, 2.45) is 0 Å². The quantitative estimate of drug-likeness (QED) is 0.558. The van der Waals surface area contributed by atoms with Crippen molar-refractivity contribution in [3.05, 3.63) is 65.7 Å². The molecule has 7 nitrogen and oxygen atoms in total. The topological polar surface area (TPSA) is 76.8 Å². The van der Waals surface area contributed by atoms with Gasteiger partial charge < -0.3 is 19.2 Å². The zero-order valence-electron chi connectivity index (χ0n) is 17.9. The second-order valence-corrected chi connectivity index (χ2v) is 7.49. The van der Waals surface area contributed by atoms with Crippen LogP contribution in [0.3, 0.4) is 0 Å². The van der Waals surface area contributed by atoms with E-state index in [1.165, 1.54) is 12.8 Å². The second kappa shape index (κ2) is 9.66. The van der Waals surface area contributed by atoms with Gasteiger partial charge in [-0.25, -0.2) is 4.98 Å².